The van der Waals surface area contributed by atoms with E-state index in [2.05, 4.69) is 20.8 Å². The number of aromatic amines is 1. The van der Waals surface area contributed by atoms with Crippen LogP contribution in [0.25, 0.3) is 0 Å². The van der Waals surface area contributed by atoms with Crippen LogP contribution >= 0.6 is 0 Å². The fraction of sp³-hybridized carbons (Fsp3) is 0.500. The van der Waals surface area contributed by atoms with Crippen LogP contribution in [0.15, 0.2) is 30.3 Å². The van der Waals surface area contributed by atoms with Gasteiger partial charge >= 0.3 is 12.2 Å². The summed E-state index contributed by atoms with van der Waals surface area (Å²) in [6.45, 7) is 2.94. The van der Waals surface area contributed by atoms with Crippen LogP contribution in [0, 0.1) is 0 Å². The van der Waals surface area contributed by atoms with E-state index < -0.39 is 0 Å². The molecule has 1 aliphatic heterocycles. The van der Waals surface area contributed by atoms with E-state index in [1.807, 2.05) is 37.3 Å². The molecule has 2 atom stereocenters. The monoisotopic (exact) mass is 467 g/mol. The van der Waals surface area contributed by atoms with Crippen molar-refractivity contribution in [2.75, 3.05) is 23.4 Å². The third-order valence-electron chi connectivity index (χ3n) is 6.74. The summed E-state index contributed by atoms with van der Waals surface area (Å²) < 4.78 is 10.5. The first-order valence-corrected chi connectivity index (χ1v) is 11.7. The van der Waals surface area contributed by atoms with Crippen molar-refractivity contribution in [2.45, 2.75) is 63.0 Å². The molecule has 10 nitrogen and oxygen atoms in total. The molecule has 1 aromatic carbocycles. The Hall–Kier alpha value is -3.56. The molecule has 2 aromatic rings. The van der Waals surface area contributed by atoms with Crippen molar-refractivity contribution in [3.05, 3.63) is 41.6 Å². The first-order chi connectivity index (χ1) is 16.4. The molecule has 180 valence electrons. The maximum atomic E-state index is 12.5. The van der Waals surface area contributed by atoms with Gasteiger partial charge in [0.2, 0.25) is 5.91 Å². The minimum atomic E-state index is -0.351. The van der Waals surface area contributed by atoms with Crippen molar-refractivity contribution in [3.8, 4) is 0 Å². The molecular formula is C24H29N5O5. The van der Waals surface area contributed by atoms with E-state index in [0.29, 0.717) is 19.0 Å². The minimum Gasteiger partial charge on any atom is -0.447 e. The summed E-state index contributed by atoms with van der Waals surface area (Å²) in [5.41, 5.74) is 2.42. The maximum Gasteiger partial charge on any atom is 0.414 e. The van der Waals surface area contributed by atoms with Crippen molar-refractivity contribution >= 4 is 29.6 Å². The number of amides is 3. The topological polar surface area (TPSA) is 126 Å². The zero-order valence-electron chi connectivity index (χ0n) is 19.1. The fourth-order valence-corrected chi connectivity index (χ4v) is 4.47. The van der Waals surface area contributed by atoms with E-state index >= 15 is 0 Å². The van der Waals surface area contributed by atoms with Crippen molar-refractivity contribution in [1.82, 2.24) is 15.5 Å². The first kappa shape index (κ1) is 22.2. The molecule has 10 heteroatoms. The van der Waals surface area contributed by atoms with E-state index in [0.717, 1.165) is 49.0 Å². The van der Waals surface area contributed by atoms with Gasteiger partial charge in [0.05, 0.1) is 13.0 Å². The highest BCUT2D eigenvalue weighted by molar-refractivity contribution is 5.92. The third kappa shape index (κ3) is 5.16. The predicted molar refractivity (Wildman–Crippen MR) is 124 cm³/mol. The van der Waals surface area contributed by atoms with Gasteiger partial charge < -0.3 is 20.1 Å². The van der Waals surface area contributed by atoms with Gasteiger partial charge in [-0.1, -0.05) is 12.1 Å². The number of hydrogen-bond donors (Lipinski definition) is 3. The number of H-pyrrole nitrogens is 1. The predicted octanol–water partition coefficient (Wildman–Crippen LogP) is 3.46. The largest absolute Gasteiger partial charge is 0.447 e. The number of ether oxygens (including phenoxy) is 2. The van der Waals surface area contributed by atoms with Crippen LogP contribution in [0.1, 0.15) is 56.2 Å². The standard InChI is InChI=1S/C24H29N5O5/c1-24(8-9-24)26-22(31)34-18-7-4-16(13-18)19-14-20(28-27-19)25-21(30)12-15-2-5-17(6-3-15)29-10-11-33-23(29)32/h2-3,5-6,14,16,18H,4,7-13H2,1H3,(H,26,31)(H2,25,27,28,30)/t16?,18-/m1/s1. The number of benzene rings is 1. The van der Waals surface area contributed by atoms with Gasteiger partial charge in [-0.25, -0.2) is 9.59 Å². The number of anilines is 2. The average Bonchev–Trinajstić information content (AvgIpc) is 3.21. The van der Waals surface area contributed by atoms with Gasteiger partial charge in [0.25, 0.3) is 0 Å². The molecule has 5 rings (SSSR count). The third-order valence-corrected chi connectivity index (χ3v) is 6.74. The van der Waals surface area contributed by atoms with Gasteiger partial charge in [-0.2, -0.15) is 5.10 Å². The number of carbonyl (C=O) groups is 3. The number of hydrogen-bond acceptors (Lipinski definition) is 6. The van der Waals surface area contributed by atoms with Crippen LogP contribution in [0.4, 0.5) is 21.1 Å². The average molecular weight is 468 g/mol. The Morgan fingerprint density at radius 2 is 2.06 bits per heavy atom. The van der Waals surface area contributed by atoms with Gasteiger partial charge in [0.15, 0.2) is 5.82 Å². The number of nitrogens with zero attached hydrogens (tertiary/aromatic N) is 2. The number of alkyl carbamates (subject to hydrolysis) is 1. The van der Waals surface area contributed by atoms with E-state index in [-0.39, 0.29) is 42.1 Å². The lowest BCUT2D eigenvalue weighted by molar-refractivity contribution is -0.115. The lowest BCUT2D eigenvalue weighted by Crippen LogP contribution is -2.36. The number of nitrogens with one attached hydrogen (secondary N) is 3. The molecule has 0 bridgehead atoms. The van der Waals surface area contributed by atoms with Crippen molar-refractivity contribution in [1.29, 1.82) is 0 Å². The van der Waals surface area contributed by atoms with Gasteiger partial charge in [0.1, 0.15) is 12.7 Å². The van der Waals surface area contributed by atoms with Crippen LogP contribution in [-0.2, 0) is 20.7 Å². The second kappa shape index (κ2) is 9.00. The van der Waals surface area contributed by atoms with Gasteiger partial charge in [-0.15, -0.1) is 0 Å². The highest BCUT2D eigenvalue weighted by atomic mass is 16.6. The molecule has 1 saturated heterocycles. The summed E-state index contributed by atoms with van der Waals surface area (Å²) in [6.07, 6.45) is 3.82. The van der Waals surface area contributed by atoms with Crippen LogP contribution in [0.3, 0.4) is 0 Å². The summed E-state index contributed by atoms with van der Waals surface area (Å²) in [4.78, 5) is 37.8. The Morgan fingerprint density at radius 1 is 1.26 bits per heavy atom. The molecule has 0 radical (unpaired) electrons. The highest BCUT2D eigenvalue weighted by Gasteiger charge is 2.40. The Bertz CT molecular complexity index is 1080. The molecule has 3 aliphatic rings. The summed E-state index contributed by atoms with van der Waals surface area (Å²) in [5, 5.41) is 13.0. The molecule has 2 heterocycles. The molecule has 3 amide bonds. The molecule has 0 spiro atoms. The maximum absolute atomic E-state index is 12.5. The first-order valence-electron chi connectivity index (χ1n) is 11.7. The second-order valence-corrected chi connectivity index (χ2v) is 9.59. The lowest BCUT2D eigenvalue weighted by atomic mass is 10.0. The summed E-state index contributed by atoms with van der Waals surface area (Å²) in [6, 6.07) is 9.12. The number of aromatic nitrogens is 2. The quantitative estimate of drug-likeness (QED) is 0.573. The Kier molecular flexibility index (Phi) is 5.89. The molecule has 1 aromatic heterocycles. The van der Waals surface area contributed by atoms with Crippen LogP contribution < -0.4 is 15.5 Å². The molecule has 2 aliphatic carbocycles. The number of carbonyl (C=O) groups excluding carboxylic acids is 3. The van der Waals surface area contributed by atoms with Crippen LogP contribution in [0.2, 0.25) is 0 Å². The van der Waals surface area contributed by atoms with Crippen molar-refractivity contribution < 1.29 is 23.9 Å². The zero-order valence-corrected chi connectivity index (χ0v) is 19.1. The van der Waals surface area contributed by atoms with E-state index in [1.165, 1.54) is 0 Å². The minimum absolute atomic E-state index is 0.0878. The summed E-state index contributed by atoms with van der Waals surface area (Å²) >= 11 is 0. The van der Waals surface area contributed by atoms with Gasteiger partial charge in [-0.3, -0.25) is 14.8 Å². The van der Waals surface area contributed by atoms with E-state index in [4.69, 9.17) is 9.47 Å². The summed E-state index contributed by atoms with van der Waals surface area (Å²) in [5.74, 6) is 0.502. The second-order valence-electron chi connectivity index (χ2n) is 9.59. The smallest absolute Gasteiger partial charge is 0.414 e. The van der Waals surface area contributed by atoms with E-state index in [9.17, 15) is 14.4 Å². The Morgan fingerprint density at radius 3 is 2.76 bits per heavy atom. The normalized spacial score (nSPS) is 22.9. The molecule has 2 saturated carbocycles. The molecule has 3 fully saturated rings. The van der Waals surface area contributed by atoms with Gasteiger partial charge in [-0.05, 0) is 56.7 Å². The molecular weight excluding hydrogens is 438 g/mol. The molecule has 3 N–H and O–H groups in total. The number of cyclic esters (lactones) is 1. The SMILES string of the molecule is CC1(NC(=O)O[C@@H]2CCC(c3cc(NC(=O)Cc4ccc(N5CCOC5=O)cc4)n[nH]3)C2)CC1. The van der Waals surface area contributed by atoms with Crippen molar-refractivity contribution in [3.63, 3.8) is 0 Å². The Balaban J connectivity index is 1.09. The lowest BCUT2D eigenvalue weighted by Gasteiger charge is -2.16. The van der Waals surface area contributed by atoms with E-state index in [1.54, 1.807) is 4.90 Å². The molecule has 1 unspecified atom stereocenters. The van der Waals surface area contributed by atoms with Gasteiger partial charge in [0, 0.05) is 28.9 Å². The highest BCUT2D eigenvalue weighted by Crippen LogP contribution is 2.37. The fourth-order valence-electron chi connectivity index (χ4n) is 4.47. The summed E-state index contributed by atoms with van der Waals surface area (Å²) in [7, 11) is 0. The Labute approximate surface area is 197 Å². The number of rotatable bonds is 7. The van der Waals surface area contributed by atoms with Crippen molar-refractivity contribution in [2.24, 2.45) is 0 Å². The zero-order chi connectivity index (χ0) is 23.7. The van der Waals surface area contributed by atoms with Crippen LogP contribution in [0.5, 0.6) is 0 Å². The van der Waals surface area contributed by atoms with Crippen LogP contribution in [-0.4, -0.2) is 53.1 Å². The molecule has 34 heavy (non-hydrogen) atoms.